The highest BCUT2D eigenvalue weighted by atomic mass is 16.5. The summed E-state index contributed by atoms with van der Waals surface area (Å²) in [6.07, 6.45) is -0.730. The highest BCUT2D eigenvalue weighted by Crippen LogP contribution is 2.28. The van der Waals surface area contributed by atoms with Crippen LogP contribution in [0.5, 0.6) is 0 Å². The maximum Gasteiger partial charge on any atom is 0.407 e. The van der Waals surface area contributed by atoms with Gasteiger partial charge in [0.05, 0.1) is 7.11 Å². The third-order valence-corrected chi connectivity index (χ3v) is 5.03. The molecule has 170 valence electrons. The number of alkyl carbamates (subject to hydrolysis) is 1. The van der Waals surface area contributed by atoms with Crippen LogP contribution < -0.4 is 10.6 Å². The molecule has 0 aliphatic heterocycles. The number of hydrogen-bond acceptors (Lipinski definition) is 5. The Balaban J connectivity index is 1.68. The highest BCUT2D eigenvalue weighted by Gasteiger charge is 2.33. The predicted octanol–water partition coefficient (Wildman–Crippen LogP) is 3.40. The monoisotopic (exact) mass is 446 g/mol. The van der Waals surface area contributed by atoms with E-state index in [1.807, 2.05) is 91.0 Å². The van der Waals surface area contributed by atoms with Gasteiger partial charge in [-0.25, -0.2) is 9.59 Å². The molecule has 0 aliphatic rings. The summed E-state index contributed by atoms with van der Waals surface area (Å²) in [7, 11) is 1.27. The van der Waals surface area contributed by atoms with Gasteiger partial charge in [0.1, 0.15) is 19.2 Å². The van der Waals surface area contributed by atoms with E-state index < -0.39 is 29.9 Å². The third kappa shape index (κ3) is 6.93. The van der Waals surface area contributed by atoms with E-state index in [0.29, 0.717) is 0 Å². The van der Waals surface area contributed by atoms with Crippen LogP contribution in [0.2, 0.25) is 0 Å². The van der Waals surface area contributed by atoms with Crippen LogP contribution in [0.4, 0.5) is 4.79 Å². The van der Waals surface area contributed by atoms with Gasteiger partial charge < -0.3 is 20.1 Å². The SMILES string of the molecule is COC(=O)[C@@H](NC(=O)CNC(=O)OCc1ccccc1)C(c1ccccc1)c1ccccc1. The molecule has 0 fully saturated rings. The number of esters is 1. The Morgan fingerprint density at radius 3 is 1.82 bits per heavy atom. The van der Waals surface area contributed by atoms with Gasteiger partial charge in [-0.05, 0) is 16.7 Å². The lowest BCUT2D eigenvalue weighted by Crippen LogP contribution is -2.49. The second-order valence-electron chi connectivity index (χ2n) is 7.28. The van der Waals surface area contributed by atoms with Gasteiger partial charge in [-0.15, -0.1) is 0 Å². The van der Waals surface area contributed by atoms with Crippen LogP contribution in [0, 0.1) is 0 Å². The number of hydrogen-bond donors (Lipinski definition) is 2. The molecular formula is C26H26N2O5. The fourth-order valence-corrected chi connectivity index (χ4v) is 3.45. The Morgan fingerprint density at radius 1 is 0.788 bits per heavy atom. The van der Waals surface area contributed by atoms with E-state index in [1.54, 1.807) is 0 Å². The smallest absolute Gasteiger partial charge is 0.407 e. The lowest BCUT2D eigenvalue weighted by Gasteiger charge is -2.27. The number of amides is 2. The molecular weight excluding hydrogens is 420 g/mol. The number of rotatable bonds is 9. The van der Waals surface area contributed by atoms with Gasteiger partial charge in [0, 0.05) is 5.92 Å². The summed E-state index contributed by atoms with van der Waals surface area (Å²) in [6.45, 7) is -0.263. The van der Waals surface area contributed by atoms with Gasteiger partial charge in [0.25, 0.3) is 0 Å². The molecule has 0 spiro atoms. The first-order valence-electron chi connectivity index (χ1n) is 10.5. The summed E-state index contributed by atoms with van der Waals surface area (Å²) >= 11 is 0. The summed E-state index contributed by atoms with van der Waals surface area (Å²) in [5.74, 6) is -1.61. The van der Waals surface area contributed by atoms with Gasteiger partial charge in [0.15, 0.2) is 0 Å². The topological polar surface area (TPSA) is 93.7 Å². The minimum Gasteiger partial charge on any atom is -0.467 e. The zero-order chi connectivity index (χ0) is 23.5. The van der Waals surface area contributed by atoms with Gasteiger partial charge in [-0.2, -0.15) is 0 Å². The molecule has 33 heavy (non-hydrogen) atoms. The van der Waals surface area contributed by atoms with Crippen LogP contribution in [0.3, 0.4) is 0 Å². The molecule has 7 nitrogen and oxygen atoms in total. The van der Waals surface area contributed by atoms with Crippen molar-refractivity contribution in [1.29, 1.82) is 0 Å². The number of ether oxygens (including phenoxy) is 2. The van der Waals surface area contributed by atoms with Gasteiger partial charge in [0.2, 0.25) is 5.91 Å². The largest absolute Gasteiger partial charge is 0.467 e. The predicted molar refractivity (Wildman–Crippen MR) is 123 cm³/mol. The fourth-order valence-electron chi connectivity index (χ4n) is 3.45. The van der Waals surface area contributed by atoms with Crippen LogP contribution in [0.25, 0.3) is 0 Å². The normalized spacial score (nSPS) is 11.3. The molecule has 2 N–H and O–H groups in total. The number of benzene rings is 3. The zero-order valence-corrected chi connectivity index (χ0v) is 18.3. The van der Waals surface area contributed by atoms with Crippen LogP contribution in [-0.4, -0.2) is 37.7 Å². The molecule has 0 saturated carbocycles. The van der Waals surface area contributed by atoms with Crippen LogP contribution >= 0.6 is 0 Å². The number of methoxy groups -OCH3 is 1. The average Bonchev–Trinajstić information content (AvgIpc) is 2.87. The van der Waals surface area contributed by atoms with Gasteiger partial charge in [-0.1, -0.05) is 91.0 Å². The maximum absolute atomic E-state index is 12.7. The minimum absolute atomic E-state index is 0.0865. The quantitative estimate of drug-likeness (QED) is 0.492. The number of carbonyl (C=O) groups excluding carboxylic acids is 3. The molecule has 0 heterocycles. The number of carbonyl (C=O) groups is 3. The summed E-state index contributed by atoms with van der Waals surface area (Å²) in [5.41, 5.74) is 2.51. The first-order chi connectivity index (χ1) is 16.1. The Hall–Kier alpha value is -4.13. The second kappa shape index (κ2) is 12.0. The van der Waals surface area contributed by atoms with E-state index >= 15 is 0 Å². The number of nitrogens with one attached hydrogen (secondary N) is 2. The molecule has 0 aliphatic carbocycles. The molecule has 0 bridgehead atoms. The van der Waals surface area contributed by atoms with Crippen molar-refractivity contribution in [3.63, 3.8) is 0 Å². The molecule has 3 aromatic carbocycles. The van der Waals surface area contributed by atoms with Gasteiger partial charge >= 0.3 is 12.1 Å². The Bertz CT molecular complexity index is 1000. The van der Waals surface area contributed by atoms with Crippen LogP contribution in [0.1, 0.15) is 22.6 Å². The standard InChI is InChI=1S/C26H26N2O5/c1-32-25(30)24(23(20-13-7-3-8-14-20)21-15-9-4-10-16-21)28-22(29)17-27-26(31)33-18-19-11-5-2-6-12-19/h2-16,23-24H,17-18H2,1H3,(H,27,31)(H,28,29)/t24-/m0/s1. The van der Waals surface area contributed by atoms with Crippen molar-refractivity contribution < 1.29 is 23.9 Å². The molecule has 0 unspecified atom stereocenters. The van der Waals surface area contributed by atoms with E-state index in [4.69, 9.17) is 9.47 Å². The van der Waals surface area contributed by atoms with Gasteiger partial charge in [-0.3, -0.25) is 4.79 Å². The van der Waals surface area contributed by atoms with Crippen molar-refractivity contribution >= 4 is 18.0 Å². The second-order valence-corrected chi connectivity index (χ2v) is 7.28. The maximum atomic E-state index is 12.7. The first kappa shape index (κ1) is 23.5. The van der Waals surface area contributed by atoms with Crippen molar-refractivity contribution in [2.75, 3.05) is 13.7 Å². The summed E-state index contributed by atoms with van der Waals surface area (Å²) in [4.78, 5) is 37.3. The lowest BCUT2D eigenvalue weighted by atomic mass is 9.85. The summed E-state index contributed by atoms with van der Waals surface area (Å²) < 4.78 is 10.1. The average molecular weight is 447 g/mol. The van der Waals surface area contributed by atoms with Crippen LogP contribution in [-0.2, 0) is 25.7 Å². The Labute approximate surface area is 192 Å². The van der Waals surface area contributed by atoms with Crippen molar-refractivity contribution in [3.8, 4) is 0 Å². The molecule has 0 saturated heterocycles. The van der Waals surface area contributed by atoms with Crippen molar-refractivity contribution in [3.05, 3.63) is 108 Å². The van der Waals surface area contributed by atoms with Crippen molar-refractivity contribution in [2.24, 2.45) is 0 Å². The van der Waals surface area contributed by atoms with E-state index in [9.17, 15) is 14.4 Å². The van der Waals surface area contributed by atoms with E-state index in [2.05, 4.69) is 10.6 Å². The molecule has 3 aromatic rings. The van der Waals surface area contributed by atoms with Crippen LogP contribution in [0.15, 0.2) is 91.0 Å². The summed E-state index contributed by atoms with van der Waals surface area (Å²) in [5, 5.41) is 5.12. The Morgan fingerprint density at radius 2 is 1.30 bits per heavy atom. The van der Waals surface area contributed by atoms with E-state index in [1.165, 1.54) is 7.11 Å². The third-order valence-electron chi connectivity index (χ3n) is 5.03. The molecule has 3 rings (SSSR count). The minimum atomic E-state index is -0.991. The summed E-state index contributed by atoms with van der Waals surface area (Å²) in [6, 6.07) is 27.0. The molecule has 0 aromatic heterocycles. The first-order valence-corrected chi connectivity index (χ1v) is 10.5. The highest BCUT2D eigenvalue weighted by molar-refractivity contribution is 5.88. The van der Waals surface area contributed by atoms with Crippen molar-refractivity contribution in [2.45, 2.75) is 18.6 Å². The fraction of sp³-hybridized carbons (Fsp3) is 0.192. The molecule has 7 heteroatoms. The lowest BCUT2D eigenvalue weighted by molar-refractivity contribution is -0.145. The Kier molecular flexibility index (Phi) is 8.59. The zero-order valence-electron chi connectivity index (χ0n) is 18.3. The molecule has 1 atom stereocenters. The molecule has 2 amide bonds. The molecule has 0 radical (unpaired) electrons. The van der Waals surface area contributed by atoms with E-state index in [0.717, 1.165) is 16.7 Å². The van der Waals surface area contributed by atoms with E-state index in [-0.39, 0.29) is 13.2 Å². The van der Waals surface area contributed by atoms with Crippen molar-refractivity contribution in [1.82, 2.24) is 10.6 Å².